The van der Waals surface area contributed by atoms with Crippen LogP contribution in [0.2, 0.25) is 0 Å². The first-order valence-electron chi connectivity index (χ1n) is 10.5. The molecule has 0 spiro atoms. The van der Waals surface area contributed by atoms with Crippen LogP contribution in [-0.2, 0) is 0 Å². The Kier molecular flexibility index (Phi) is 5.84. The second-order valence-corrected chi connectivity index (χ2v) is 8.37. The Balaban J connectivity index is 1.55. The zero-order chi connectivity index (χ0) is 23.5. The normalized spacial score (nSPS) is 10.7. The number of nitrogens with zero attached hydrogens (tertiary/aromatic N) is 1. The Labute approximate surface area is 200 Å². The number of phenolic OH excluding ortho intramolecular Hbond substituents is 1. The Bertz CT molecular complexity index is 1430. The van der Waals surface area contributed by atoms with Gasteiger partial charge in [0.2, 0.25) is 11.8 Å². The number of carbonyl (C=O) groups is 1. The van der Waals surface area contributed by atoms with Gasteiger partial charge >= 0.3 is 0 Å². The van der Waals surface area contributed by atoms with Crippen LogP contribution in [0.1, 0.15) is 10.4 Å². The summed E-state index contributed by atoms with van der Waals surface area (Å²) < 4.78 is 11.2. The van der Waals surface area contributed by atoms with Crippen LogP contribution in [0.5, 0.6) is 11.5 Å². The van der Waals surface area contributed by atoms with Crippen molar-refractivity contribution < 1.29 is 19.1 Å². The largest absolute Gasteiger partial charge is 0.506 e. The second-order valence-electron chi connectivity index (χ2n) is 7.42. The van der Waals surface area contributed by atoms with Crippen molar-refractivity contribution in [3.63, 3.8) is 0 Å². The first kappa shape index (κ1) is 21.5. The number of para-hydroxylation sites is 1. The molecular formula is C27H20N2O4S. The maximum atomic E-state index is 12.8. The fourth-order valence-electron chi connectivity index (χ4n) is 3.58. The topological polar surface area (TPSA) is 84.6 Å². The van der Waals surface area contributed by atoms with Crippen molar-refractivity contribution in [2.24, 2.45) is 0 Å². The highest BCUT2D eigenvalue weighted by Gasteiger charge is 2.22. The number of hydrogen-bond donors (Lipinski definition) is 2. The molecule has 0 aliphatic heterocycles. The number of ether oxygens (including phenoxy) is 1. The van der Waals surface area contributed by atoms with Crippen molar-refractivity contribution in [2.45, 2.75) is 0 Å². The van der Waals surface area contributed by atoms with Crippen molar-refractivity contribution in [2.75, 3.05) is 12.4 Å². The van der Waals surface area contributed by atoms with Gasteiger partial charge in [-0.2, -0.15) is 0 Å². The molecule has 0 unspecified atom stereocenters. The van der Waals surface area contributed by atoms with E-state index in [0.717, 1.165) is 16.2 Å². The van der Waals surface area contributed by atoms with Gasteiger partial charge in [-0.05, 0) is 47.3 Å². The van der Waals surface area contributed by atoms with Crippen LogP contribution in [-0.4, -0.2) is 23.1 Å². The molecule has 5 rings (SSSR count). The molecule has 0 radical (unpaired) electrons. The SMILES string of the molecule is COc1ccc(-c2cccc(-c3nc(-c4cccs4)c(NC(=O)c4ccccc4)o3)c2O)cc1. The number of oxazole rings is 1. The summed E-state index contributed by atoms with van der Waals surface area (Å²) in [5.41, 5.74) is 2.88. The third kappa shape index (κ3) is 4.16. The Morgan fingerprint density at radius 1 is 0.941 bits per heavy atom. The minimum absolute atomic E-state index is 0.0348. The molecular weight excluding hydrogens is 448 g/mol. The molecule has 2 aromatic heterocycles. The minimum atomic E-state index is -0.308. The number of benzene rings is 3. The molecule has 7 heteroatoms. The van der Waals surface area contributed by atoms with E-state index < -0.39 is 0 Å². The van der Waals surface area contributed by atoms with Crippen molar-refractivity contribution in [1.29, 1.82) is 0 Å². The molecule has 2 heterocycles. The first-order valence-corrected chi connectivity index (χ1v) is 11.4. The van der Waals surface area contributed by atoms with Gasteiger partial charge in [0, 0.05) is 11.1 Å². The quantitative estimate of drug-likeness (QED) is 0.290. The van der Waals surface area contributed by atoms with Crippen LogP contribution < -0.4 is 10.1 Å². The number of aromatic hydroxyl groups is 1. The molecule has 5 aromatic rings. The lowest BCUT2D eigenvalue weighted by Crippen LogP contribution is -2.11. The summed E-state index contributed by atoms with van der Waals surface area (Å²) in [6.07, 6.45) is 0. The molecule has 168 valence electrons. The fraction of sp³-hybridized carbons (Fsp3) is 0.0370. The predicted molar refractivity (Wildman–Crippen MR) is 133 cm³/mol. The van der Waals surface area contributed by atoms with E-state index in [2.05, 4.69) is 10.3 Å². The number of amides is 1. The van der Waals surface area contributed by atoms with E-state index in [1.807, 2.05) is 60.0 Å². The zero-order valence-electron chi connectivity index (χ0n) is 18.2. The van der Waals surface area contributed by atoms with Crippen LogP contribution in [0.3, 0.4) is 0 Å². The number of carbonyl (C=O) groups excluding carboxylic acids is 1. The number of thiophene rings is 1. The highest BCUT2D eigenvalue weighted by Crippen LogP contribution is 2.41. The fourth-order valence-corrected chi connectivity index (χ4v) is 4.30. The van der Waals surface area contributed by atoms with E-state index in [4.69, 9.17) is 9.15 Å². The molecule has 0 aliphatic rings. The molecule has 2 N–H and O–H groups in total. The van der Waals surface area contributed by atoms with Crippen LogP contribution in [0.4, 0.5) is 5.88 Å². The number of nitrogens with one attached hydrogen (secondary N) is 1. The number of aromatic nitrogens is 1. The number of methoxy groups -OCH3 is 1. The van der Waals surface area contributed by atoms with E-state index in [0.29, 0.717) is 22.4 Å². The van der Waals surface area contributed by atoms with Gasteiger partial charge < -0.3 is 14.3 Å². The second kappa shape index (κ2) is 9.25. The monoisotopic (exact) mass is 468 g/mol. The maximum Gasteiger partial charge on any atom is 0.258 e. The molecule has 0 saturated carbocycles. The van der Waals surface area contributed by atoms with Gasteiger partial charge in [0.1, 0.15) is 17.2 Å². The van der Waals surface area contributed by atoms with E-state index in [1.165, 1.54) is 11.3 Å². The van der Waals surface area contributed by atoms with Gasteiger partial charge in [-0.3, -0.25) is 10.1 Å². The number of rotatable bonds is 6. The van der Waals surface area contributed by atoms with E-state index in [1.54, 1.807) is 37.4 Å². The van der Waals surface area contributed by atoms with Gasteiger partial charge in [-0.15, -0.1) is 11.3 Å². The standard InChI is InChI=1S/C27H20N2O4S/c1-32-19-14-12-17(13-15-19)20-9-5-10-21(24(20)30)26-28-23(22-11-6-16-34-22)27(33-26)29-25(31)18-7-3-2-4-8-18/h2-16,30H,1H3,(H,29,31). The number of phenols is 1. The van der Waals surface area contributed by atoms with Crippen LogP contribution in [0, 0.1) is 0 Å². The van der Waals surface area contributed by atoms with Crippen LogP contribution in [0.15, 0.2) is 94.7 Å². The average Bonchev–Trinajstić information content (AvgIpc) is 3.55. The molecule has 0 fully saturated rings. The summed E-state index contributed by atoms with van der Waals surface area (Å²) >= 11 is 1.48. The number of anilines is 1. The smallest absolute Gasteiger partial charge is 0.258 e. The zero-order valence-corrected chi connectivity index (χ0v) is 19.0. The van der Waals surface area contributed by atoms with Crippen molar-refractivity contribution >= 4 is 23.1 Å². The molecule has 3 aromatic carbocycles. The third-order valence-corrected chi connectivity index (χ3v) is 6.19. The third-order valence-electron chi connectivity index (χ3n) is 5.31. The summed E-state index contributed by atoms with van der Waals surface area (Å²) in [4.78, 5) is 18.3. The molecule has 1 amide bonds. The molecule has 0 bridgehead atoms. The summed E-state index contributed by atoms with van der Waals surface area (Å²) in [6.45, 7) is 0. The molecule has 0 saturated heterocycles. The maximum absolute atomic E-state index is 12.8. The van der Waals surface area contributed by atoms with E-state index in [9.17, 15) is 9.90 Å². The van der Waals surface area contributed by atoms with Gasteiger partial charge in [0.15, 0.2) is 0 Å². The Morgan fingerprint density at radius 2 is 1.71 bits per heavy atom. The summed E-state index contributed by atoms with van der Waals surface area (Å²) in [6, 6.07) is 25.5. The van der Waals surface area contributed by atoms with Gasteiger partial charge in [-0.25, -0.2) is 4.98 Å². The lowest BCUT2D eigenvalue weighted by Gasteiger charge is -2.09. The van der Waals surface area contributed by atoms with Crippen molar-refractivity contribution in [3.8, 4) is 44.7 Å². The Hall–Kier alpha value is -4.36. The highest BCUT2D eigenvalue weighted by atomic mass is 32.1. The van der Waals surface area contributed by atoms with Gasteiger partial charge in [0.25, 0.3) is 5.91 Å². The average molecular weight is 469 g/mol. The lowest BCUT2D eigenvalue weighted by atomic mass is 10.0. The summed E-state index contributed by atoms with van der Waals surface area (Å²) in [5, 5.41) is 15.8. The van der Waals surface area contributed by atoms with Crippen molar-refractivity contribution in [3.05, 3.63) is 95.9 Å². The van der Waals surface area contributed by atoms with Crippen molar-refractivity contribution in [1.82, 2.24) is 4.98 Å². The van der Waals surface area contributed by atoms with E-state index >= 15 is 0 Å². The van der Waals surface area contributed by atoms with E-state index in [-0.39, 0.29) is 23.4 Å². The van der Waals surface area contributed by atoms with Crippen LogP contribution in [0.25, 0.3) is 33.2 Å². The predicted octanol–water partition coefficient (Wildman–Crippen LogP) is 6.70. The first-order chi connectivity index (χ1) is 16.6. The molecule has 0 atom stereocenters. The number of hydrogen-bond acceptors (Lipinski definition) is 6. The molecule has 34 heavy (non-hydrogen) atoms. The summed E-state index contributed by atoms with van der Waals surface area (Å²) in [7, 11) is 1.61. The highest BCUT2D eigenvalue weighted by molar-refractivity contribution is 7.13. The van der Waals surface area contributed by atoms with Gasteiger partial charge in [0.05, 0.1) is 17.6 Å². The summed E-state index contributed by atoms with van der Waals surface area (Å²) in [5.74, 6) is 0.886. The minimum Gasteiger partial charge on any atom is -0.506 e. The molecule has 0 aliphatic carbocycles. The van der Waals surface area contributed by atoms with Gasteiger partial charge in [-0.1, -0.05) is 48.5 Å². The van der Waals surface area contributed by atoms with Crippen LogP contribution >= 0.6 is 11.3 Å². The lowest BCUT2D eigenvalue weighted by molar-refractivity contribution is 0.102. The molecule has 6 nitrogen and oxygen atoms in total. The Morgan fingerprint density at radius 3 is 2.41 bits per heavy atom.